The third-order valence-corrected chi connectivity index (χ3v) is 6.72. The minimum atomic E-state index is -0.452. The Bertz CT molecular complexity index is 815. The van der Waals surface area contributed by atoms with Crippen LogP contribution in [0.5, 0.6) is 0 Å². The summed E-state index contributed by atoms with van der Waals surface area (Å²) < 4.78 is 1.14. The molecule has 0 bridgehead atoms. The van der Waals surface area contributed by atoms with E-state index in [4.69, 9.17) is 5.73 Å². The maximum atomic E-state index is 13.0. The Kier molecular flexibility index (Phi) is 7.25. The van der Waals surface area contributed by atoms with Crippen LogP contribution in [0.4, 0.5) is 0 Å². The highest BCUT2D eigenvalue weighted by Gasteiger charge is 2.30. The molecule has 1 aliphatic rings. The number of carbonyl (C=O) groups is 2. The van der Waals surface area contributed by atoms with Crippen LogP contribution in [0.15, 0.2) is 24.3 Å². The molecule has 1 aromatic heterocycles. The zero-order chi connectivity index (χ0) is 18.8. The van der Waals surface area contributed by atoms with Gasteiger partial charge in [0.05, 0.1) is 10.9 Å². The van der Waals surface area contributed by atoms with Crippen molar-refractivity contribution in [2.45, 2.75) is 33.2 Å². The minimum Gasteiger partial charge on any atom is -0.338 e. The van der Waals surface area contributed by atoms with Gasteiger partial charge in [-0.25, -0.2) is 0 Å². The van der Waals surface area contributed by atoms with E-state index in [0.717, 1.165) is 26.9 Å². The van der Waals surface area contributed by atoms with Gasteiger partial charge in [0, 0.05) is 30.9 Å². The van der Waals surface area contributed by atoms with Crippen LogP contribution in [0.3, 0.4) is 0 Å². The maximum absolute atomic E-state index is 13.0. The molecule has 2 unspecified atom stereocenters. The first-order valence-corrected chi connectivity index (χ1v) is 10.1. The second-order valence-corrected chi connectivity index (χ2v) is 8.13. The number of benzene rings is 1. The molecule has 0 radical (unpaired) electrons. The van der Waals surface area contributed by atoms with Gasteiger partial charge in [-0.3, -0.25) is 9.59 Å². The van der Waals surface area contributed by atoms with E-state index in [2.05, 4.69) is 12.1 Å². The fourth-order valence-corrected chi connectivity index (χ4v) is 4.54. The number of nitrogens with two attached hydrogens (primary N) is 1. The smallest absolute Gasteiger partial charge is 0.264 e. The predicted octanol–water partition coefficient (Wildman–Crippen LogP) is 3.29. The minimum absolute atomic E-state index is 0. The van der Waals surface area contributed by atoms with Crippen LogP contribution in [-0.4, -0.2) is 53.8 Å². The number of hydrogen-bond acceptors (Lipinski definition) is 4. The number of rotatable bonds is 4. The fraction of sp³-hybridized carbons (Fsp3) is 0.500. The summed E-state index contributed by atoms with van der Waals surface area (Å²) in [5.74, 6) is 0.245. The standard InChI is InChI=1S/C20H27N3O2S.ClH/c1-4-13(2)17(21)19(24)22-9-11-23(12-10-22)20(25)18-14(3)15-7-5-6-8-16(15)26-18;/h5-8,13,17H,4,9-12,21H2,1-3H3;1H. The highest BCUT2D eigenvalue weighted by molar-refractivity contribution is 7.21. The Morgan fingerprint density at radius 1 is 1.15 bits per heavy atom. The van der Waals surface area contributed by atoms with Crippen LogP contribution < -0.4 is 5.73 Å². The molecule has 2 atom stereocenters. The highest BCUT2D eigenvalue weighted by atomic mass is 35.5. The number of piperazine rings is 1. The van der Waals surface area contributed by atoms with Crippen LogP contribution in [0.25, 0.3) is 10.1 Å². The van der Waals surface area contributed by atoms with E-state index in [9.17, 15) is 9.59 Å². The van der Waals surface area contributed by atoms with Crippen molar-refractivity contribution in [1.82, 2.24) is 9.80 Å². The average molecular weight is 410 g/mol. The molecule has 2 aromatic rings. The van der Waals surface area contributed by atoms with Crippen molar-refractivity contribution in [2.24, 2.45) is 11.7 Å². The van der Waals surface area contributed by atoms with Crippen molar-refractivity contribution in [3.8, 4) is 0 Å². The first kappa shape index (κ1) is 21.7. The van der Waals surface area contributed by atoms with E-state index in [1.807, 2.05) is 37.8 Å². The molecule has 7 heteroatoms. The number of nitrogens with zero attached hydrogens (tertiary/aromatic N) is 2. The van der Waals surface area contributed by atoms with Gasteiger partial charge >= 0.3 is 0 Å². The number of amides is 2. The first-order valence-electron chi connectivity index (χ1n) is 9.25. The number of aryl methyl sites for hydroxylation is 1. The summed E-state index contributed by atoms with van der Waals surface area (Å²) in [4.78, 5) is 29.9. The van der Waals surface area contributed by atoms with E-state index in [0.29, 0.717) is 26.2 Å². The summed E-state index contributed by atoms with van der Waals surface area (Å²) in [6.45, 7) is 8.29. The van der Waals surface area contributed by atoms with Crippen LogP contribution >= 0.6 is 23.7 Å². The number of thiophene rings is 1. The molecule has 2 N–H and O–H groups in total. The average Bonchev–Trinajstić information content (AvgIpc) is 3.02. The van der Waals surface area contributed by atoms with Gasteiger partial charge < -0.3 is 15.5 Å². The van der Waals surface area contributed by atoms with Gasteiger partial charge in [0.25, 0.3) is 5.91 Å². The molecule has 1 fully saturated rings. The molecule has 27 heavy (non-hydrogen) atoms. The van der Waals surface area contributed by atoms with Crippen molar-refractivity contribution in [2.75, 3.05) is 26.2 Å². The lowest BCUT2D eigenvalue weighted by molar-refractivity contribution is -0.135. The zero-order valence-corrected chi connectivity index (χ0v) is 17.7. The molecule has 5 nitrogen and oxygen atoms in total. The molecule has 148 valence electrons. The molecule has 2 heterocycles. The normalized spacial score (nSPS) is 16.7. The third-order valence-electron chi connectivity index (χ3n) is 5.46. The highest BCUT2D eigenvalue weighted by Crippen LogP contribution is 2.31. The molecular weight excluding hydrogens is 382 g/mol. The third kappa shape index (κ3) is 4.28. The summed E-state index contributed by atoms with van der Waals surface area (Å²) in [6, 6.07) is 7.66. The summed E-state index contributed by atoms with van der Waals surface area (Å²) in [7, 11) is 0. The van der Waals surface area contributed by atoms with E-state index >= 15 is 0 Å². The van der Waals surface area contributed by atoms with Crippen molar-refractivity contribution in [1.29, 1.82) is 0 Å². The number of halogens is 1. The number of carbonyl (C=O) groups excluding carboxylic acids is 2. The summed E-state index contributed by atoms with van der Waals surface area (Å²) in [5.41, 5.74) is 7.13. The SMILES string of the molecule is CCC(C)C(N)C(=O)N1CCN(C(=O)c2sc3ccccc3c2C)CC1.Cl. The number of fused-ring (bicyclic) bond motifs is 1. The Labute approximate surface area is 170 Å². The van der Waals surface area contributed by atoms with E-state index < -0.39 is 6.04 Å². The Balaban J connectivity index is 0.00000261. The molecular formula is C20H28ClN3O2S. The van der Waals surface area contributed by atoms with Crippen molar-refractivity contribution in [3.63, 3.8) is 0 Å². The fourth-order valence-electron chi connectivity index (χ4n) is 3.36. The molecule has 0 aliphatic carbocycles. The van der Waals surface area contributed by atoms with Crippen molar-refractivity contribution in [3.05, 3.63) is 34.7 Å². The molecule has 2 amide bonds. The van der Waals surface area contributed by atoms with Gasteiger partial charge in [0.1, 0.15) is 0 Å². The lowest BCUT2D eigenvalue weighted by atomic mass is 9.98. The second-order valence-electron chi connectivity index (χ2n) is 7.08. The quantitative estimate of drug-likeness (QED) is 0.842. The predicted molar refractivity (Wildman–Crippen MR) is 114 cm³/mol. The monoisotopic (exact) mass is 409 g/mol. The molecule has 3 rings (SSSR count). The molecule has 1 aromatic carbocycles. The largest absolute Gasteiger partial charge is 0.338 e. The van der Waals surface area contributed by atoms with Gasteiger partial charge in [-0.1, -0.05) is 38.5 Å². The topological polar surface area (TPSA) is 66.6 Å². The second kappa shape index (κ2) is 9.04. The van der Waals surface area contributed by atoms with Crippen LogP contribution in [0.2, 0.25) is 0 Å². The van der Waals surface area contributed by atoms with Crippen LogP contribution in [-0.2, 0) is 4.79 Å². The van der Waals surface area contributed by atoms with Crippen LogP contribution in [0, 0.1) is 12.8 Å². The summed E-state index contributed by atoms with van der Waals surface area (Å²) in [5, 5.41) is 1.15. The van der Waals surface area contributed by atoms with Crippen molar-refractivity contribution < 1.29 is 9.59 Å². The maximum Gasteiger partial charge on any atom is 0.264 e. The summed E-state index contributed by atoms with van der Waals surface area (Å²) >= 11 is 1.55. The molecule has 0 spiro atoms. The zero-order valence-electron chi connectivity index (χ0n) is 16.1. The van der Waals surface area contributed by atoms with Gasteiger partial charge in [-0.05, 0) is 29.9 Å². The lowest BCUT2D eigenvalue weighted by Crippen LogP contribution is -2.55. The Morgan fingerprint density at radius 3 is 2.33 bits per heavy atom. The Hall–Kier alpha value is -1.63. The Morgan fingerprint density at radius 2 is 1.74 bits per heavy atom. The lowest BCUT2D eigenvalue weighted by Gasteiger charge is -2.36. The van der Waals surface area contributed by atoms with Gasteiger partial charge in [-0.2, -0.15) is 0 Å². The van der Waals surface area contributed by atoms with Crippen molar-refractivity contribution >= 4 is 45.6 Å². The molecule has 0 saturated carbocycles. The molecule has 1 aliphatic heterocycles. The van der Waals surface area contributed by atoms with Gasteiger partial charge in [-0.15, -0.1) is 23.7 Å². The van der Waals surface area contributed by atoms with E-state index in [1.54, 1.807) is 16.2 Å². The van der Waals surface area contributed by atoms with E-state index in [-0.39, 0.29) is 30.1 Å². The number of hydrogen-bond donors (Lipinski definition) is 1. The molecule has 1 saturated heterocycles. The summed E-state index contributed by atoms with van der Waals surface area (Å²) in [6.07, 6.45) is 0.885. The van der Waals surface area contributed by atoms with Gasteiger partial charge in [0.15, 0.2) is 0 Å². The van der Waals surface area contributed by atoms with Crippen LogP contribution in [0.1, 0.15) is 35.5 Å². The van der Waals surface area contributed by atoms with E-state index in [1.165, 1.54) is 0 Å². The van der Waals surface area contributed by atoms with Gasteiger partial charge in [0.2, 0.25) is 5.91 Å². The first-order chi connectivity index (χ1) is 12.4.